The summed E-state index contributed by atoms with van der Waals surface area (Å²) in [5.41, 5.74) is 1.99. The van der Waals surface area contributed by atoms with E-state index in [9.17, 15) is 9.59 Å². The van der Waals surface area contributed by atoms with Gasteiger partial charge in [-0.1, -0.05) is 29.3 Å². The van der Waals surface area contributed by atoms with Crippen LogP contribution in [0.1, 0.15) is 22.8 Å². The molecule has 0 fully saturated rings. The van der Waals surface area contributed by atoms with Crippen LogP contribution in [-0.2, 0) is 9.53 Å². The van der Waals surface area contributed by atoms with Gasteiger partial charge in [-0.05, 0) is 50.4 Å². The molecule has 0 heterocycles. The fourth-order valence-corrected chi connectivity index (χ4v) is 2.58. The Bertz CT molecular complexity index is 746. The minimum absolute atomic E-state index is 0.249. The first-order chi connectivity index (χ1) is 11.4. The SMILES string of the molecule is CSc1ccc(Cl)c(C(=O)O[C@H](C)C(=O)Nc2ccc(C)cc2)c1. The Morgan fingerprint density at radius 3 is 2.46 bits per heavy atom. The lowest BCUT2D eigenvalue weighted by molar-refractivity contribution is -0.123. The van der Waals surface area contributed by atoms with Gasteiger partial charge in [0.25, 0.3) is 5.91 Å². The average Bonchev–Trinajstić information content (AvgIpc) is 2.57. The Balaban J connectivity index is 2.02. The number of hydrogen-bond donors (Lipinski definition) is 1. The Labute approximate surface area is 150 Å². The van der Waals surface area contributed by atoms with Crippen LogP contribution in [0.4, 0.5) is 5.69 Å². The summed E-state index contributed by atoms with van der Waals surface area (Å²) in [6.07, 6.45) is 0.962. The van der Waals surface area contributed by atoms with Gasteiger partial charge in [-0.15, -0.1) is 11.8 Å². The predicted molar refractivity (Wildman–Crippen MR) is 97.9 cm³/mol. The number of hydrogen-bond acceptors (Lipinski definition) is 4. The van der Waals surface area contributed by atoms with Crippen molar-refractivity contribution in [3.8, 4) is 0 Å². The minimum atomic E-state index is -0.937. The van der Waals surface area contributed by atoms with Gasteiger partial charge in [0, 0.05) is 10.6 Å². The molecule has 0 aliphatic rings. The van der Waals surface area contributed by atoms with E-state index in [2.05, 4.69) is 5.32 Å². The molecule has 2 aromatic rings. The maximum atomic E-state index is 12.2. The van der Waals surface area contributed by atoms with Crippen molar-refractivity contribution in [3.05, 3.63) is 58.6 Å². The lowest BCUT2D eigenvalue weighted by Gasteiger charge is -2.14. The zero-order valence-corrected chi connectivity index (χ0v) is 15.2. The lowest BCUT2D eigenvalue weighted by atomic mass is 10.2. The lowest BCUT2D eigenvalue weighted by Crippen LogP contribution is -2.30. The molecule has 0 aromatic heterocycles. The summed E-state index contributed by atoms with van der Waals surface area (Å²) in [6.45, 7) is 3.48. The number of aryl methyl sites for hydroxylation is 1. The van der Waals surface area contributed by atoms with E-state index in [1.807, 2.05) is 31.4 Å². The summed E-state index contributed by atoms with van der Waals surface area (Å²) < 4.78 is 5.23. The highest BCUT2D eigenvalue weighted by Gasteiger charge is 2.21. The largest absolute Gasteiger partial charge is 0.449 e. The molecule has 2 aromatic carbocycles. The van der Waals surface area contributed by atoms with Crippen LogP contribution < -0.4 is 5.32 Å². The number of rotatable bonds is 5. The first-order valence-electron chi connectivity index (χ1n) is 7.32. The fraction of sp³-hybridized carbons (Fsp3) is 0.222. The van der Waals surface area contributed by atoms with Crippen molar-refractivity contribution in [2.75, 3.05) is 11.6 Å². The summed E-state index contributed by atoms with van der Waals surface area (Å²) in [6, 6.07) is 12.5. The van der Waals surface area contributed by atoms with Crippen LogP contribution >= 0.6 is 23.4 Å². The number of esters is 1. The number of anilines is 1. The summed E-state index contributed by atoms with van der Waals surface area (Å²) in [4.78, 5) is 25.3. The molecule has 0 aliphatic carbocycles. The van der Waals surface area contributed by atoms with E-state index >= 15 is 0 Å². The number of carbonyl (C=O) groups excluding carboxylic acids is 2. The van der Waals surface area contributed by atoms with E-state index in [0.29, 0.717) is 10.7 Å². The third-order valence-corrected chi connectivity index (χ3v) is 4.42. The Morgan fingerprint density at radius 2 is 1.83 bits per heavy atom. The predicted octanol–water partition coefficient (Wildman–Crippen LogP) is 4.55. The number of thioether (sulfide) groups is 1. The van der Waals surface area contributed by atoms with Crippen LogP contribution in [0.2, 0.25) is 5.02 Å². The normalized spacial score (nSPS) is 11.7. The zero-order chi connectivity index (χ0) is 17.7. The molecule has 4 nitrogen and oxygen atoms in total. The third-order valence-electron chi connectivity index (χ3n) is 3.37. The van der Waals surface area contributed by atoms with Crippen molar-refractivity contribution in [1.29, 1.82) is 0 Å². The number of amides is 1. The molecular weight excluding hydrogens is 346 g/mol. The molecule has 0 aliphatic heterocycles. The number of benzene rings is 2. The molecular formula is C18H18ClNO3S. The van der Waals surface area contributed by atoms with Crippen LogP contribution in [0.25, 0.3) is 0 Å². The Kier molecular flexibility index (Phi) is 6.29. The molecule has 24 heavy (non-hydrogen) atoms. The molecule has 1 atom stereocenters. The molecule has 6 heteroatoms. The number of nitrogens with one attached hydrogen (secondary N) is 1. The molecule has 1 N–H and O–H groups in total. The molecule has 0 bridgehead atoms. The highest BCUT2D eigenvalue weighted by molar-refractivity contribution is 7.98. The quantitative estimate of drug-likeness (QED) is 0.625. The first kappa shape index (κ1) is 18.4. The van der Waals surface area contributed by atoms with E-state index in [1.165, 1.54) is 18.7 Å². The van der Waals surface area contributed by atoms with E-state index in [1.54, 1.807) is 24.3 Å². The zero-order valence-electron chi connectivity index (χ0n) is 13.6. The van der Waals surface area contributed by atoms with E-state index in [4.69, 9.17) is 16.3 Å². The molecule has 1 amide bonds. The molecule has 2 rings (SSSR count). The van der Waals surface area contributed by atoms with Crippen molar-refractivity contribution < 1.29 is 14.3 Å². The maximum Gasteiger partial charge on any atom is 0.340 e. The van der Waals surface area contributed by atoms with E-state index in [-0.39, 0.29) is 5.56 Å². The van der Waals surface area contributed by atoms with Gasteiger partial charge in [-0.2, -0.15) is 0 Å². The van der Waals surface area contributed by atoms with Crippen molar-refractivity contribution in [3.63, 3.8) is 0 Å². The molecule has 0 unspecified atom stereocenters. The van der Waals surface area contributed by atoms with E-state index < -0.39 is 18.0 Å². The van der Waals surface area contributed by atoms with Gasteiger partial charge >= 0.3 is 5.97 Å². The van der Waals surface area contributed by atoms with Crippen molar-refractivity contribution in [1.82, 2.24) is 0 Å². The topological polar surface area (TPSA) is 55.4 Å². The van der Waals surface area contributed by atoms with Crippen LogP contribution in [0.5, 0.6) is 0 Å². The number of ether oxygens (including phenoxy) is 1. The van der Waals surface area contributed by atoms with Gasteiger partial charge in [-0.3, -0.25) is 4.79 Å². The second kappa shape index (κ2) is 8.22. The second-order valence-corrected chi connectivity index (χ2v) is 6.54. The van der Waals surface area contributed by atoms with Gasteiger partial charge in [0.05, 0.1) is 10.6 Å². The highest BCUT2D eigenvalue weighted by Crippen LogP contribution is 2.24. The number of halogens is 1. The first-order valence-corrected chi connectivity index (χ1v) is 8.93. The van der Waals surface area contributed by atoms with Crippen molar-refractivity contribution >= 4 is 40.9 Å². The Hall–Kier alpha value is -1.98. The van der Waals surface area contributed by atoms with Crippen LogP contribution in [0.15, 0.2) is 47.4 Å². The van der Waals surface area contributed by atoms with Gasteiger partial charge in [0.1, 0.15) is 0 Å². The fourth-order valence-electron chi connectivity index (χ4n) is 1.95. The van der Waals surface area contributed by atoms with Gasteiger partial charge in [0.2, 0.25) is 0 Å². The summed E-state index contributed by atoms with van der Waals surface area (Å²) in [7, 11) is 0. The maximum absolute atomic E-state index is 12.2. The molecule has 0 radical (unpaired) electrons. The summed E-state index contributed by atoms with van der Waals surface area (Å²) in [5, 5.41) is 3.00. The summed E-state index contributed by atoms with van der Waals surface area (Å²) in [5.74, 6) is -1.02. The number of carbonyl (C=O) groups is 2. The van der Waals surface area contributed by atoms with Crippen LogP contribution in [0.3, 0.4) is 0 Å². The van der Waals surface area contributed by atoms with Gasteiger partial charge < -0.3 is 10.1 Å². The minimum Gasteiger partial charge on any atom is -0.449 e. The van der Waals surface area contributed by atoms with E-state index in [0.717, 1.165) is 10.5 Å². The third kappa shape index (κ3) is 4.76. The standard InChI is InChI=1S/C18H18ClNO3S/c1-11-4-6-13(7-5-11)20-17(21)12(2)23-18(22)15-10-14(24-3)8-9-16(15)19/h4-10,12H,1-3H3,(H,20,21)/t12-/m1/s1. The average molecular weight is 364 g/mol. The summed E-state index contributed by atoms with van der Waals surface area (Å²) >= 11 is 7.54. The smallest absolute Gasteiger partial charge is 0.340 e. The Morgan fingerprint density at radius 1 is 1.17 bits per heavy atom. The van der Waals surface area contributed by atoms with Crippen LogP contribution in [0, 0.1) is 6.92 Å². The van der Waals surface area contributed by atoms with Crippen molar-refractivity contribution in [2.24, 2.45) is 0 Å². The molecule has 0 saturated carbocycles. The monoisotopic (exact) mass is 363 g/mol. The second-order valence-electron chi connectivity index (χ2n) is 5.25. The molecule has 126 valence electrons. The van der Waals surface area contributed by atoms with Crippen LogP contribution in [-0.4, -0.2) is 24.2 Å². The molecule has 0 saturated heterocycles. The van der Waals surface area contributed by atoms with Gasteiger partial charge in [-0.25, -0.2) is 4.79 Å². The van der Waals surface area contributed by atoms with Crippen molar-refractivity contribution in [2.45, 2.75) is 24.8 Å². The molecule has 0 spiro atoms. The highest BCUT2D eigenvalue weighted by atomic mass is 35.5. The van der Waals surface area contributed by atoms with Gasteiger partial charge in [0.15, 0.2) is 6.10 Å².